The summed E-state index contributed by atoms with van der Waals surface area (Å²) in [6.07, 6.45) is 0. The Morgan fingerprint density at radius 2 is 1.92 bits per heavy atom. The van der Waals surface area contributed by atoms with Crippen LogP contribution >= 0.6 is 11.9 Å². The minimum Gasteiger partial charge on any atom is -0.193 e. The zero-order chi connectivity index (χ0) is 9.19. The van der Waals surface area contributed by atoms with E-state index in [1.165, 1.54) is 6.07 Å². The van der Waals surface area contributed by atoms with Gasteiger partial charge in [0.2, 0.25) is 0 Å². The third-order valence-electron chi connectivity index (χ3n) is 1.45. The zero-order valence-corrected chi connectivity index (χ0v) is 7.89. The topological polar surface area (TPSA) is 43.4 Å². The van der Waals surface area contributed by atoms with E-state index in [1.54, 1.807) is 25.1 Å². The van der Waals surface area contributed by atoms with E-state index in [1.807, 2.05) is 0 Å². The number of halogens is 1. The molecule has 1 aromatic rings. The van der Waals surface area contributed by atoms with E-state index in [0.717, 1.165) is 0 Å². The molecule has 3 nitrogen and oxygen atoms in total. The minimum absolute atomic E-state index is 0.0972. The van der Waals surface area contributed by atoms with Crippen molar-refractivity contribution in [1.29, 1.82) is 0 Å². The van der Waals surface area contributed by atoms with Crippen molar-refractivity contribution in [2.24, 2.45) is 0 Å². The highest BCUT2D eigenvalue weighted by molar-refractivity contribution is 7.87. The van der Waals surface area contributed by atoms with Crippen molar-refractivity contribution < 1.29 is 12.2 Å². The molecule has 0 saturated heterocycles. The first kappa shape index (κ1) is 9.51. The maximum atomic E-state index is 11.1. The van der Waals surface area contributed by atoms with E-state index in [2.05, 4.69) is 3.74 Å². The normalized spacial score (nSPS) is 11.5. The monoisotopic (exact) mass is 206 g/mol. The Morgan fingerprint density at radius 1 is 1.33 bits per heavy atom. The molecule has 1 aromatic carbocycles. The summed E-state index contributed by atoms with van der Waals surface area (Å²) in [7, 11) is -3.76. The van der Waals surface area contributed by atoms with Crippen LogP contribution in [0.4, 0.5) is 0 Å². The van der Waals surface area contributed by atoms with Crippen LogP contribution in [0, 0.1) is 6.92 Å². The molecule has 1 rings (SSSR count). The molecule has 0 heterocycles. The highest BCUT2D eigenvalue weighted by Crippen LogP contribution is 2.17. The molecular formula is C7H7ClO3S. The lowest BCUT2D eigenvalue weighted by molar-refractivity contribution is 0.508. The maximum absolute atomic E-state index is 11.1. The highest BCUT2D eigenvalue weighted by atomic mass is 35.5. The van der Waals surface area contributed by atoms with Crippen molar-refractivity contribution in [3.8, 4) is 0 Å². The van der Waals surface area contributed by atoms with Crippen LogP contribution in [0.3, 0.4) is 0 Å². The Bertz CT molecular complexity index is 372. The van der Waals surface area contributed by atoms with Gasteiger partial charge in [0.25, 0.3) is 0 Å². The van der Waals surface area contributed by atoms with Gasteiger partial charge in [-0.1, -0.05) is 18.2 Å². The molecule has 0 spiro atoms. The summed E-state index contributed by atoms with van der Waals surface area (Å²) in [6, 6.07) is 6.45. The molecule has 0 aromatic heterocycles. The van der Waals surface area contributed by atoms with Crippen LogP contribution < -0.4 is 0 Å². The van der Waals surface area contributed by atoms with Gasteiger partial charge in [0.1, 0.15) is 0 Å². The molecule has 0 aliphatic carbocycles. The van der Waals surface area contributed by atoms with Gasteiger partial charge in [0, 0.05) is 0 Å². The summed E-state index contributed by atoms with van der Waals surface area (Å²) in [5, 5.41) is 0. The zero-order valence-electron chi connectivity index (χ0n) is 6.32. The SMILES string of the molecule is Cc1ccccc1S(=O)(=O)OCl. The molecule has 0 aliphatic rings. The molecule has 0 radical (unpaired) electrons. The summed E-state index contributed by atoms with van der Waals surface area (Å²) in [4.78, 5) is 0.0972. The van der Waals surface area contributed by atoms with Crippen LogP contribution in [0.2, 0.25) is 0 Å². The van der Waals surface area contributed by atoms with E-state index < -0.39 is 10.1 Å². The lowest BCUT2D eigenvalue weighted by Gasteiger charge is -2.01. The number of hydrogen-bond acceptors (Lipinski definition) is 3. The van der Waals surface area contributed by atoms with E-state index in [0.29, 0.717) is 5.56 Å². The summed E-state index contributed by atoms with van der Waals surface area (Å²) >= 11 is 4.81. The van der Waals surface area contributed by atoms with Crippen molar-refractivity contribution >= 4 is 22.0 Å². The van der Waals surface area contributed by atoms with E-state index >= 15 is 0 Å². The largest absolute Gasteiger partial charge is 0.313 e. The van der Waals surface area contributed by atoms with E-state index in [9.17, 15) is 8.42 Å². The summed E-state index contributed by atoms with van der Waals surface area (Å²) in [6.45, 7) is 1.67. The second-order valence-corrected chi connectivity index (χ2v) is 4.13. The van der Waals surface area contributed by atoms with Gasteiger partial charge in [-0.25, -0.2) is 0 Å². The standard InChI is InChI=1S/C7H7ClO3S/c1-6-4-2-3-5-7(6)12(9,10)11-8/h2-5H,1H3. The van der Waals surface area contributed by atoms with E-state index in [-0.39, 0.29) is 4.90 Å². The van der Waals surface area contributed by atoms with Gasteiger partial charge in [-0.15, -0.1) is 0 Å². The minimum atomic E-state index is -3.76. The Kier molecular flexibility index (Phi) is 2.72. The summed E-state index contributed by atoms with van der Waals surface area (Å²) in [5.41, 5.74) is 0.609. The fourth-order valence-electron chi connectivity index (χ4n) is 0.871. The average molecular weight is 207 g/mol. The van der Waals surface area contributed by atoms with Crippen molar-refractivity contribution in [3.05, 3.63) is 29.8 Å². The molecule has 0 aliphatic heterocycles. The van der Waals surface area contributed by atoms with E-state index in [4.69, 9.17) is 11.9 Å². The van der Waals surface area contributed by atoms with Crippen LogP contribution in [0.25, 0.3) is 0 Å². The predicted octanol–water partition coefficient (Wildman–Crippen LogP) is 1.85. The molecular weight excluding hydrogens is 200 g/mol. The first-order valence-corrected chi connectivity index (χ1v) is 4.90. The van der Waals surface area contributed by atoms with Crippen molar-refractivity contribution in [2.75, 3.05) is 0 Å². The Morgan fingerprint density at radius 3 is 2.42 bits per heavy atom. The van der Waals surface area contributed by atoms with Crippen molar-refractivity contribution in [3.63, 3.8) is 0 Å². The summed E-state index contributed by atoms with van der Waals surface area (Å²) in [5.74, 6) is 0. The lowest BCUT2D eigenvalue weighted by Crippen LogP contribution is -2.01. The predicted molar refractivity (Wildman–Crippen MR) is 45.3 cm³/mol. The number of aryl methyl sites for hydroxylation is 1. The molecule has 0 N–H and O–H groups in total. The van der Waals surface area contributed by atoms with Gasteiger partial charge in [0.15, 0.2) is 0 Å². The highest BCUT2D eigenvalue weighted by Gasteiger charge is 2.15. The van der Waals surface area contributed by atoms with Crippen molar-refractivity contribution in [1.82, 2.24) is 0 Å². The quantitative estimate of drug-likeness (QED) is 0.742. The second kappa shape index (κ2) is 3.43. The molecule has 66 valence electrons. The lowest BCUT2D eigenvalue weighted by atomic mass is 10.2. The number of hydrogen-bond donors (Lipinski definition) is 0. The number of rotatable bonds is 2. The van der Waals surface area contributed by atoms with Gasteiger partial charge in [-0.3, -0.25) is 0 Å². The van der Waals surface area contributed by atoms with Crippen LogP contribution in [-0.4, -0.2) is 8.42 Å². The molecule has 0 amide bonds. The van der Waals surface area contributed by atoms with Crippen LogP contribution in [0.15, 0.2) is 29.2 Å². The van der Waals surface area contributed by atoms with Gasteiger partial charge in [-0.05, 0) is 18.6 Å². The average Bonchev–Trinajstić information content (AvgIpc) is 2.05. The molecule has 5 heteroatoms. The molecule has 0 fully saturated rings. The third kappa shape index (κ3) is 1.77. The Labute approximate surface area is 76.2 Å². The first-order valence-electron chi connectivity index (χ1n) is 3.19. The Hall–Kier alpha value is -0.580. The molecule has 0 saturated carbocycles. The smallest absolute Gasteiger partial charge is 0.193 e. The first-order chi connectivity index (χ1) is 5.58. The fraction of sp³-hybridized carbons (Fsp3) is 0.143. The van der Waals surface area contributed by atoms with Gasteiger partial charge in [0.05, 0.1) is 16.8 Å². The van der Waals surface area contributed by atoms with Crippen LogP contribution in [0.1, 0.15) is 5.56 Å². The van der Waals surface area contributed by atoms with Gasteiger partial charge in [-0.2, -0.15) is 12.2 Å². The molecule has 0 bridgehead atoms. The molecule has 0 unspecified atom stereocenters. The molecule has 12 heavy (non-hydrogen) atoms. The Balaban J connectivity index is 3.30. The van der Waals surface area contributed by atoms with Gasteiger partial charge < -0.3 is 0 Å². The summed E-state index contributed by atoms with van der Waals surface area (Å²) < 4.78 is 26.0. The maximum Gasteiger partial charge on any atom is 0.313 e. The van der Waals surface area contributed by atoms with Crippen molar-refractivity contribution in [2.45, 2.75) is 11.8 Å². The number of benzene rings is 1. The third-order valence-corrected chi connectivity index (χ3v) is 3.11. The fourth-order valence-corrected chi connectivity index (χ4v) is 1.85. The van der Waals surface area contributed by atoms with Gasteiger partial charge >= 0.3 is 10.1 Å². The van der Waals surface area contributed by atoms with Crippen LogP contribution in [-0.2, 0) is 13.9 Å². The molecule has 0 atom stereocenters. The van der Waals surface area contributed by atoms with Crippen LogP contribution in [0.5, 0.6) is 0 Å². The second-order valence-electron chi connectivity index (χ2n) is 2.28.